The van der Waals surface area contributed by atoms with E-state index in [0.29, 0.717) is 5.92 Å². The fourth-order valence-electron chi connectivity index (χ4n) is 2.12. The van der Waals surface area contributed by atoms with Crippen molar-refractivity contribution in [1.29, 1.82) is 0 Å². The van der Waals surface area contributed by atoms with Gasteiger partial charge in [0.25, 0.3) is 0 Å². The summed E-state index contributed by atoms with van der Waals surface area (Å²) in [6.45, 7) is 5.46. The lowest BCUT2D eigenvalue weighted by Gasteiger charge is -2.30. The highest BCUT2D eigenvalue weighted by atomic mass is 16.7. The summed E-state index contributed by atoms with van der Waals surface area (Å²) in [5.41, 5.74) is 0. The lowest BCUT2D eigenvalue weighted by Crippen LogP contribution is -2.32. The van der Waals surface area contributed by atoms with Crippen molar-refractivity contribution in [2.24, 2.45) is 11.8 Å². The maximum atomic E-state index is 10.7. The molecule has 0 aliphatic carbocycles. The Morgan fingerprint density at radius 3 is 2.53 bits per heavy atom. The summed E-state index contributed by atoms with van der Waals surface area (Å²) < 4.78 is 11.2. The van der Waals surface area contributed by atoms with Crippen molar-refractivity contribution in [1.82, 2.24) is 0 Å². The van der Waals surface area contributed by atoms with E-state index < -0.39 is 5.97 Å². The third kappa shape index (κ3) is 5.04. The molecule has 1 rings (SSSR count). The SMILES string of the molecule is CCC(CCCC(C)C(=O)O)C1OCCCO1. The Labute approximate surface area is 103 Å². The third-order valence-electron chi connectivity index (χ3n) is 3.40. The van der Waals surface area contributed by atoms with Gasteiger partial charge in [0.1, 0.15) is 0 Å². The highest BCUT2D eigenvalue weighted by molar-refractivity contribution is 5.69. The normalized spacial score (nSPS) is 21.1. The molecule has 0 bridgehead atoms. The van der Waals surface area contributed by atoms with Crippen LogP contribution in [0.2, 0.25) is 0 Å². The second kappa shape index (κ2) is 7.67. The molecule has 1 N–H and O–H groups in total. The molecule has 1 fully saturated rings. The molecule has 1 heterocycles. The summed E-state index contributed by atoms with van der Waals surface area (Å²) >= 11 is 0. The van der Waals surface area contributed by atoms with Crippen LogP contribution in [-0.4, -0.2) is 30.6 Å². The zero-order valence-electron chi connectivity index (χ0n) is 10.9. The van der Waals surface area contributed by atoms with Gasteiger partial charge in [0, 0.05) is 5.92 Å². The quantitative estimate of drug-likeness (QED) is 0.748. The van der Waals surface area contributed by atoms with E-state index in [2.05, 4.69) is 6.92 Å². The largest absolute Gasteiger partial charge is 0.481 e. The van der Waals surface area contributed by atoms with E-state index in [1.807, 2.05) is 0 Å². The molecule has 4 nitrogen and oxygen atoms in total. The van der Waals surface area contributed by atoms with Crippen LogP contribution in [0.3, 0.4) is 0 Å². The van der Waals surface area contributed by atoms with Gasteiger partial charge in [0.2, 0.25) is 0 Å². The van der Waals surface area contributed by atoms with Crippen molar-refractivity contribution in [3.63, 3.8) is 0 Å². The molecule has 4 heteroatoms. The Balaban J connectivity index is 2.24. The number of carbonyl (C=O) groups is 1. The zero-order chi connectivity index (χ0) is 12.7. The first-order valence-corrected chi connectivity index (χ1v) is 6.61. The average Bonchev–Trinajstić information content (AvgIpc) is 2.35. The van der Waals surface area contributed by atoms with Gasteiger partial charge in [0.05, 0.1) is 19.1 Å². The van der Waals surface area contributed by atoms with Crippen LogP contribution in [0.5, 0.6) is 0 Å². The molecule has 0 aromatic rings. The molecule has 1 aliphatic heterocycles. The number of carboxylic acid groups (broad SMARTS) is 1. The zero-order valence-corrected chi connectivity index (χ0v) is 10.9. The van der Waals surface area contributed by atoms with Gasteiger partial charge in [-0.1, -0.05) is 20.3 Å². The molecule has 17 heavy (non-hydrogen) atoms. The topological polar surface area (TPSA) is 55.8 Å². The lowest BCUT2D eigenvalue weighted by atomic mass is 9.95. The molecule has 1 saturated heterocycles. The fourth-order valence-corrected chi connectivity index (χ4v) is 2.12. The van der Waals surface area contributed by atoms with Gasteiger partial charge in [-0.25, -0.2) is 0 Å². The van der Waals surface area contributed by atoms with Crippen molar-refractivity contribution in [3.8, 4) is 0 Å². The van der Waals surface area contributed by atoms with E-state index in [9.17, 15) is 4.79 Å². The highest BCUT2D eigenvalue weighted by Gasteiger charge is 2.24. The smallest absolute Gasteiger partial charge is 0.306 e. The van der Waals surface area contributed by atoms with Crippen LogP contribution in [0.25, 0.3) is 0 Å². The first kappa shape index (κ1) is 14.5. The number of hydrogen-bond donors (Lipinski definition) is 1. The van der Waals surface area contributed by atoms with Crippen molar-refractivity contribution < 1.29 is 19.4 Å². The molecule has 2 atom stereocenters. The average molecular weight is 244 g/mol. The number of aliphatic carboxylic acids is 1. The molecule has 0 saturated carbocycles. The van der Waals surface area contributed by atoms with E-state index in [1.54, 1.807) is 6.92 Å². The van der Waals surface area contributed by atoms with Crippen LogP contribution in [0.1, 0.15) is 46.0 Å². The van der Waals surface area contributed by atoms with E-state index in [1.165, 1.54) is 0 Å². The third-order valence-corrected chi connectivity index (χ3v) is 3.40. The second-order valence-corrected chi connectivity index (χ2v) is 4.80. The molecule has 1 aliphatic rings. The minimum atomic E-state index is -0.705. The van der Waals surface area contributed by atoms with Crippen molar-refractivity contribution in [2.75, 3.05) is 13.2 Å². The van der Waals surface area contributed by atoms with Gasteiger partial charge in [-0.15, -0.1) is 0 Å². The predicted octanol–water partition coefficient (Wildman–Crippen LogP) is 2.67. The van der Waals surface area contributed by atoms with Crippen LogP contribution < -0.4 is 0 Å². The summed E-state index contributed by atoms with van der Waals surface area (Å²) in [6.07, 6.45) is 4.57. The maximum absolute atomic E-state index is 10.7. The Bertz CT molecular complexity index is 223. The first-order chi connectivity index (χ1) is 8.15. The standard InChI is InChI=1S/C13H24O4/c1-3-11(13-16-8-5-9-17-13)7-4-6-10(2)12(14)15/h10-11,13H,3-9H2,1-2H3,(H,14,15). The number of ether oxygens (including phenoxy) is 2. The van der Waals surface area contributed by atoms with E-state index in [-0.39, 0.29) is 12.2 Å². The van der Waals surface area contributed by atoms with Gasteiger partial charge in [-0.3, -0.25) is 4.79 Å². The number of hydrogen-bond acceptors (Lipinski definition) is 3. The van der Waals surface area contributed by atoms with Gasteiger partial charge in [-0.05, 0) is 25.7 Å². The molecular formula is C13H24O4. The van der Waals surface area contributed by atoms with Gasteiger partial charge in [0.15, 0.2) is 6.29 Å². The van der Waals surface area contributed by atoms with Gasteiger partial charge < -0.3 is 14.6 Å². The van der Waals surface area contributed by atoms with Crippen molar-refractivity contribution in [3.05, 3.63) is 0 Å². The Hall–Kier alpha value is -0.610. The number of carboxylic acids is 1. The summed E-state index contributed by atoms with van der Waals surface area (Å²) in [5, 5.41) is 8.80. The van der Waals surface area contributed by atoms with Crippen LogP contribution in [0.15, 0.2) is 0 Å². The first-order valence-electron chi connectivity index (χ1n) is 6.61. The van der Waals surface area contributed by atoms with Gasteiger partial charge in [-0.2, -0.15) is 0 Å². The Morgan fingerprint density at radius 1 is 1.35 bits per heavy atom. The number of rotatable bonds is 7. The molecular weight excluding hydrogens is 220 g/mol. The van der Waals surface area contributed by atoms with E-state index >= 15 is 0 Å². The molecule has 0 aromatic carbocycles. The molecule has 100 valence electrons. The van der Waals surface area contributed by atoms with Crippen LogP contribution in [-0.2, 0) is 14.3 Å². The molecule has 0 amide bonds. The maximum Gasteiger partial charge on any atom is 0.306 e. The van der Waals surface area contributed by atoms with Crippen LogP contribution in [0, 0.1) is 11.8 Å². The van der Waals surface area contributed by atoms with Crippen LogP contribution in [0.4, 0.5) is 0 Å². The van der Waals surface area contributed by atoms with Crippen molar-refractivity contribution >= 4 is 5.97 Å². The lowest BCUT2D eigenvalue weighted by molar-refractivity contribution is -0.206. The Morgan fingerprint density at radius 2 is 2.00 bits per heavy atom. The van der Waals surface area contributed by atoms with Crippen molar-refractivity contribution in [2.45, 2.75) is 52.2 Å². The molecule has 0 spiro atoms. The molecule has 0 aromatic heterocycles. The molecule has 0 radical (unpaired) electrons. The van der Waals surface area contributed by atoms with Gasteiger partial charge >= 0.3 is 5.97 Å². The van der Waals surface area contributed by atoms with E-state index in [0.717, 1.165) is 45.3 Å². The summed E-state index contributed by atoms with van der Waals surface area (Å²) in [6, 6.07) is 0. The Kier molecular flexibility index (Phi) is 6.52. The fraction of sp³-hybridized carbons (Fsp3) is 0.923. The highest BCUT2D eigenvalue weighted by Crippen LogP contribution is 2.24. The summed E-state index contributed by atoms with van der Waals surface area (Å²) in [5.74, 6) is -0.555. The molecule has 2 unspecified atom stereocenters. The minimum Gasteiger partial charge on any atom is -0.481 e. The van der Waals surface area contributed by atoms with Crippen LogP contribution >= 0.6 is 0 Å². The summed E-state index contributed by atoms with van der Waals surface area (Å²) in [4.78, 5) is 10.7. The predicted molar refractivity (Wildman–Crippen MR) is 64.7 cm³/mol. The van der Waals surface area contributed by atoms with E-state index in [4.69, 9.17) is 14.6 Å². The monoisotopic (exact) mass is 244 g/mol. The second-order valence-electron chi connectivity index (χ2n) is 4.80. The minimum absolute atomic E-state index is 0.0751. The summed E-state index contributed by atoms with van der Waals surface area (Å²) in [7, 11) is 0.